The minimum Gasteiger partial charge on any atom is -0.378 e. The molecule has 0 atom stereocenters. The number of rotatable bonds is 4. The molecule has 1 aromatic heterocycles. The SMILES string of the molecule is CNC(=CC(=N)N1CCOCC1)n1c(C(F)F)nc2ccccc21. The van der Waals surface area contributed by atoms with Gasteiger partial charge in [0.25, 0.3) is 6.43 Å². The second-order valence-corrected chi connectivity index (χ2v) is 5.36. The molecule has 0 bridgehead atoms. The van der Waals surface area contributed by atoms with Gasteiger partial charge in [-0.25, -0.2) is 13.8 Å². The Balaban J connectivity index is 2.03. The van der Waals surface area contributed by atoms with Gasteiger partial charge in [0.2, 0.25) is 0 Å². The molecule has 6 nitrogen and oxygen atoms in total. The van der Waals surface area contributed by atoms with Crippen molar-refractivity contribution >= 4 is 22.7 Å². The summed E-state index contributed by atoms with van der Waals surface area (Å²) in [6, 6.07) is 6.96. The summed E-state index contributed by atoms with van der Waals surface area (Å²) in [6.07, 6.45) is -1.17. The summed E-state index contributed by atoms with van der Waals surface area (Å²) in [4.78, 5) is 5.88. The van der Waals surface area contributed by atoms with Crippen molar-refractivity contribution in [2.45, 2.75) is 6.43 Å². The lowest BCUT2D eigenvalue weighted by Gasteiger charge is -2.28. The van der Waals surface area contributed by atoms with E-state index >= 15 is 0 Å². The normalized spacial score (nSPS) is 16.0. The van der Waals surface area contributed by atoms with Gasteiger partial charge < -0.3 is 15.0 Å². The third kappa shape index (κ3) is 3.09. The van der Waals surface area contributed by atoms with Crippen LogP contribution in [-0.4, -0.2) is 53.6 Å². The van der Waals surface area contributed by atoms with E-state index in [1.165, 1.54) is 4.57 Å². The number of benzene rings is 1. The number of halogens is 2. The van der Waals surface area contributed by atoms with Gasteiger partial charge in [-0.2, -0.15) is 0 Å². The number of nitrogens with one attached hydrogen (secondary N) is 2. The molecule has 0 amide bonds. The lowest BCUT2D eigenvalue weighted by atomic mass is 10.3. The molecule has 128 valence electrons. The number of para-hydroxylation sites is 2. The predicted octanol–water partition coefficient (Wildman–Crippen LogP) is 2.30. The monoisotopic (exact) mass is 335 g/mol. The molecule has 0 aliphatic carbocycles. The van der Waals surface area contributed by atoms with E-state index in [4.69, 9.17) is 10.1 Å². The van der Waals surface area contributed by atoms with Crippen LogP contribution in [0.2, 0.25) is 0 Å². The summed E-state index contributed by atoms with van der Waals surface area (Å²) >= 11 is 0. The standard InChI is InChI=1S/C16H19F2N5O/c1-20-14(10-13(19)22-6-8-24-9-7-22)23-12-5-3-2-4-11(12)21-16(23)15(17)18/h2-5,10,15,19-20H,6-9H2,1H3. The molecular formula is C16H19F2N5O. The number of hydrogen-bond donors (Lipinski definition) is 2. The second-order valence-electron chi connectivity index (χ2n) is 5.36. The number of hydrogen-bond acceptors (Lipinski definition) is 4. The van der Waals surface area contributed by atoms with Crippen molar-refractivity contribution in [1.29, 1.82) is 5.41 Å². The fourth-order valence-electron chi connectivity index (χ4n) is 2.72. The molecule has 2 heterocycles. The largest absolute Gasteiger partial charge is 0.378 e. The van der Waals surface area contributed by atoms with E-state index in [0.717, 1.165) is 0 Å². The van der Waals surface area contributed by atoms with E-state index in [2.05, 4.69) is 10.3 Å². The summed E-state index contributed by atoms with van der Waals surface area (Å²) in [5.41, 5.74) is 1.06. The van der Waals surface area contributed by atoms with Crippen molar-refractivity contribution in [3.63, 3.8) is 0 Å². The molecule has 2 aromatic rings. The van der Waals surface area contributed by atoms with Gasteiger partial charge in [-0.05, 0) is 12.1 Å². The number of alkyl halides is 2. The Bertz CT molecular complexity index is 765. The van der Waals surface area contributed by atoms with Crippen LogP contribution in [0.25, 0.3) is 16.9 Å². The van der Waals surface area contributed by atoms with Gasteiger partial charge in [-0.15, -0.1) is 0 Å². The minimum absolute atomic E-state index is 0.251. The average Bonchev–Trinajstić information content (AvgIpc) is 3.00. The number of morpholine rings is 1. The van der Waals surface area contributed by atoms with Crippen LogP contribution < -0.4 is 5.32 Å². The van der Waals surface area contributed by atoms with Crippen molar-refractivity contribution in [2.75, 3.05) is 33.4 Å². The zero-order chi connectivity index (χ0) is 17.1. The zero-order valence-electron chi connectivity index (χ0n) is 13.3. The van der Waals surface area contributed by atoms with Gasteiger partial charge in [-0.1, -0.05) is 12.1 Å². The Kier molecular flexibility index (Phi) is 4.75. The van der Waals surface area contributed by atoms with Crippen LogP contribution in [0.1, 0.15) is 12.2 Å². The smallest absolute Gasteiger partial charge is 0.296 e. The Morgan fingerprint density at radius 1 is 1.33 bits per heavy atom. The van der Waals surface area contributed by atoms with Crippen molar-refractivity contribution in [1.82, 2.24) is 19.8 Å². The molecule has 0 radical (unpaired) electrons. The number of amidine groups is 1. The van der Waals surface area contributed by atoms with E-state index in [-0.39, 0.29) is 11.7 Å². The number of fused-ring (bicyclic) bond motifs is 1. The van der Waals surface area contributed by atoms with Crippen LogP contribution in [0.5, 0.6) is 0 Å². The highest BCUT2D eigenvalue weighted by molar-refractivity contribution is 5.95. The highest BCUT2D eigenvalue weighted by atomic mass is 19.3. The number of ether oxygens (including phenoxy) is 1. The molecule has 0 saturated carbocycles. The molecule has 0 spiro atoms. The molecular weight excluding hydrogens is 316 g/mol. The average molecular weight is 335 g/mol. The molecule has 24 heavy (non-hydrogen) atoms. The zero-order valence-corrected chi connectivity index (χ0v) is 13.3. The maximum atomic E-state index is 13.4. The first kappa shape index (κ1) is 16.4. The van der Waals surface area contributed by atoms with Crippen molar-refractivity contribution in [3.05, 3.63) is 36.2 Å². The summed E-state index contributed by atoms with van der Waals surface area (Å²) in [5, 5.41) is 11.2. The molecule has 8 heteroatoms. The third-order valence-corrected chi connectivity index (χ3v) is 3.90. The van der Waals surface area contributed by atoms with Crippen LogP contribution in [0.3, 0.4) is 0 Å². The van der Waals surface area contributed by atoms with E-state index in [1.807, 2.05) is 4.90 Å². The van der Waals surface area contributed by atoms with Crippen molar-refractivity contribution in [2.24, 2.45) is 0 Å². The number of aromatic nitrogens is 2. The van der Waals surface area contributed by atoms with Gasteiger partial charge in [0, 0.05) is 26.2 Å². The van der Waals surface area contributed by atoms with Crippen LogP contribution in [0.15, 0.2) is 30.3 Å². The van der Waals surface area contributed by atoms with E-state index < -0.39 is 6.43 Å². The van der Waals surface area contributed by atoms with Crippen LogP contribution in [0.4, 0.5) is 8.78 Å². The predicted molar refractivity (Wildman–Crippen MR) is 88.1 cm³/mol. The highest BCUT2D eigenvalue weighted by Crippen LogP contribution is 2.26. The van der Waals surface area contributed by atoms with Gasteiger partial charge in [0.15, 0.2) is 5.82 Å². The Labute approximate surface area is 138 Å². The maximum absolute atomic E-state index is 13.4. The highest BCUT2D eigenvalue weighted by Gasteiger charge is 2.22. The van der Waals surface area contributed by atoms with Gasteiger partial charge in [0.05, 0.1) is 24.2 Å². The summed E-state index contributed by atoms with van der Waals surface area (Å²) in [5.74, 6) is 0.294. The summed E-state index contributed by atoms with van der Waals surface area (Å²) in [6.45, 7) is 2.33. The fraction of sp³-hybridized carbons (Fsp3) is 0.375. The van der Waals surface area contributed by atoms with Crippen molar-refractivity contribution < 1.29 is 13.5 Å². The molecule has 1 aliphatic rings. The van der Waals surface area contributed by atoms with Crippen LogP contribution in [0, 0.1) is 5.41 Å². The quantitative estimate of drug-likeness (QED) is 0.665. The molecule has 1 aromatic carbocycles. The van der Waals surface area contributed by atoms with Gasteiger partial charge in [-0.3, -0.25) is 9.98 Å². The third-order valence-electron chi connectivity index (χ3n) is 3.90. The molecule has 0 unspecified atom stereocenters. The van der Waals surface area contributed by atoms with E-state index in [9.17, 15) is 8.78 Å². The topological polar surface area (TPSA) is 66.2 Å². The molecule has 1 aliphatic heterocycles. The second kappa shape index (κ2) is 6.96. The first-order chi connectivity index (χ1) is 11.6. The fourth-order valence-corrected chi connectivity index (χ4v) is 2.72. The number of imidazole rings is 1. The molecule has 2 N–H and O–H groups in total. The first-order valence-electron chi connectivity index (χ1n) is 7.68. The van der Waals surface area contributed by atoms with Crippen molar-refractivity contribution in [3.8, 4) is 0 Å². The van der Waals surface area contributed by atoms with Crippen LogP contribution >= 0.6 is 0 Å². The summed E-state index contributed by atoms with van der Waals surface area (Å²) < 4.78 is 33.5. The minimum atomic E-state index is -2.72. The summed E-state index contributed by atoms with van der Waals surface area (Å²) in [7, 11) is 1.64. The first-order valence-corrected chi connectivity index (χ1v) is 7.68. The lowest BCUT2D eigenvalue weighted by Crippen LogP contribution is -2.40. The molecule has 1 saturated heterocycles. The Morgan fingerprint density at radius 3 is 2.71 bits per heavy atom. The van der Waals surface area contributed by atoms with E-state index in [1.54, 1.807) is 37.4 Å². The van der Waals surface area contributed by atoms with E-state index in [0.29, 0.717) is 43.2 Å². The van der Waals surface area contributed by atoms with Gasteiger partial charge >= 0.3 is 0 Å². The maximum Gasteiger partial charge on any atom is 0.296 e. The number of nitrogens with zero attached hydrogens (tertiary/aromatic N) is 3. The lowest BCUT2D eigenvalue weighted by molar-refractivity contribution is 0.0681. The van der Waals surface area contributed by atoms with Gasteiger partial charge in [0.1, 0.15) is 11.7 Å². The Hall–Kier alpha value is -2.48. The Morgan fingerprint density at radius 2 is 2.04 bits per heavy atom. The molecule has 3 rings (SSSR count). The van der Waals surface area contributed by atoms with Crippen LogP contribution in [-0.2, 0) is 4.74 Å². The molecule has 1 fully saturated rings.